The Balaban J connectivity index is 1.35. The first kappa shape index (κ1) is 22.8. The lowest BCUT2D eigenvalue weighted by Crippen LogP contribution is -2.58. The first-order valence-corrected chi connectivity index (χ1v) is 12.1. The molecule has 32 heavy (non-hydrogen) atoms. The van der Waals surface area contributed by atoms with Gasteiger partial charge in [0.05, 0.1) is 6.04 Å². The first-order chi connectivity index (χ1) is 15.6. The Labute approximate surface area is 195 Å². The summed E-state index contributed by atoms with van der Waals surface area (Å²) in [4.78, 5) is 30.3. The molecule has 1 aliphatic heterocycles. The summed E-state index contributed by atoms with van der Waals surface area (Å²) in [6, 6.07) is 17.3. The number of halogens is 1. The van der Waals surface area contributed by atoms with Crippen molar-refractivity contribution < 1.29 is 9.59 Å². The van der Waals surface area contributed by atoms with Gasteiger partial charge < -0.3 is 10.2 Å². The van der Waals surface area contributed by atoms with Crippen molar-refractivity contribution in [1.82, 2.24) is 15.1 Å². The molecule has 2 aromatic rings. The van der Waals surface area contributed by atoms with Gasteiger partial charge in [0.25, 0.3) is 5.91 Å². The van der Waals surface area contributed by atoms with Gasteiger partial charge in [-0.25, -0.2) is 0 Å². The molecule has 2 aliphatic rings. The number of nitrogens with one attached hydrogen (secondary N) is 1. The number of hydrogen-bond donors (Lipinski definition) is 1. The summed E-state index contributed by atoms with van der Waals surface area (Å²) in [5, 5.41) is 3.77. The van der Waals surface area contributed by atoms with Crippen molar-refractivity contribution in [3.05, 3.63) is 70.7 Å². The van der Waals surface area contributed by atoms with Crippen LogP contribution < -0.4 is 5.32 Å². The number of carbonyl (C=O) groups is 2. The van der Waals surface area contributed by atoms with Crippen LogP contribution in [0.25, 0.3) is 0 Å². The minimum atomic E-state index is -0.100. The van der Waals surface area contributed by atoms with E-state index >= 15 is 0 Å². The van der Waals surface area contributed by atoms with Gasteiger partial charge in [-0.3, -0.25) is 14.5 Å². The topological polar surface area (TPSA) is 52.7 Å². The van der Waals surface area contributed by atoms with E-state index in [1.807, 2.05) is 35.2 Å². The lowest BCUT2D eigenvalue weighted by atomic mass is 9.94. The lowest BCUT2D eigenvalue weighted by molar-refractivity contribution is -0.129. The summed E-state index contributed by atoms with van der Waals surface area (Å²) in [6.45, 7) is 3.36. The van der Waals surface area contributed by atoms with E-state index in [1.165, 1.54) is 18.4 Å². The maximum atomic E-state index is 13.2. The van der Waals surface area contributed by atoms with Crippen molar-refractivity contribution in [2.45, 2.75) is 38.1 Å². The summed E-state index contributed by atoms with van der Waals surface area (Å²) in [6.07, 6.45) is 5.46. The van der Waals surface area contributed by atoms with E-state index in [1.54, 1.807) is 12.1 Å². The molecule has 170 valence electrons. The largest absolute Gasteiger partial charge is 0.354 e. The number of piperazine rings is 1. The molecule has 1 saturated carbocycles. The van der Waals surface area contributed by atoms with Crippen LogP contribution in [0.4, 0.5) is 0 Å². The zero-order valence-electron chi connectivity index (χ0n) is 18.5. The van der Waals surface area contributed by atoms with E-state index in [0.717, 1.165) is 32.4 Å². The Hall–Kier alpha value is -2.37. The molecule has 2 aromatic carbocycles. The zero-order valence-corrected chi connectivity index (χ0v) is 19.3. The number of rotatable bonds is 7. The molecule has 4 rings (SSSR count). The standard InChI is InChI=1S/C26H32ClN3O2/c27-23-12-6-11-22(19-23)26(32)30-17-15-29(16-18-30)24(21-9-4-5-10-21)25(31)28-14-13-20-7-2-1-3-8-20/h1-3,6-8,11-12,19,21,24H,4-5,9-10,13-18H2,(H,28,31). The van der Waals surface area contributed by atoms with Crippen LogP contribution in [0.15, 0.2) is 54.6 Å². The van der Waals surface area contributed by atoms with E-state index < -0.39 is 0 Å². The highest BCUT2D eigenvalue weighted by atomic mass is 35.5. The van der Waals surface area contributed by atoms with Gasteiger partial charge in [-0.1, -0.05) is 60.8 Å². The molecule has 1 N–H and O–H groups in total. The molecule has 1 heterocycles. The van der Waals surface area contributed by atoms with Crippen LogP contribution >= 0.6 is 11.6 Å². The third-order valence-electron chi connectivity index (χ3n) is 6.74. The van der Waals surface area contributed by atoms with Crippen LogP contribution in [0.2, 0.25) is 5.02 Å². The summed E-state index contributed by atoms with van der Waals surface area (Å²) >= 11 is 6.06. The Morgan fingerprint density at radius 3 is 2.38 bits per heavy atom. The summed E-state index contributed by atoms with van der Waals surface area (Å²) < 4.78 is 0. The third kappa shape index (κ3) is 5.70. The van der Waals surface area contributed by atoms with Gasteiger partial charge in [-0.2, -0.15) is 0 Å². The monoisotopic (exact) mass is 453 g/mol. The molecular weight excluding hydrogens is 422 g/mol. The molecule has 0 bridgehead atoms. The Morgan fingerprint density at radius 1 is 0.969 bits per heavy atom. The Morgan fingerprint density at radius 2 is 1.69 bits per heavy atom. The maximum absolute atomic E-state index is 13.2. The molecule has 6 heteroatoms. The fraction of sp³-hybridized carbons (Fsp3) is 0.462. The van der Waals surface area contributed by atoms with E-state index in [2.05, 4.69) is 22.3 Å². The molecule has 1 unspecified atom stereocenters. The zero-order chi connectivity index (χ0) is 22.3. The van der Waals surface area contributed by atoms with Gasteiger partial charge in [0.15, 0.2) is 0 Å². The number of nitrogens with zero attached hydrogens (tertiary/aromatic N) is 2. The molecule has 1 saturated heterocycles. The van der Waals surface area contributed by atoms with Crippen molar-refractivity contribution in [1.29, 1.82) is 0 Å². The van der Waals surface area contributed by atoms with E-state index in [4.69, 9.17) is 11.6 Å². The van der Waals surface area contributed by atoms with Gasteiger partial charge >= 0.3 is 0 Å². The highest BCUT2D eigenvalue weighted by Crippen LogP contribution is 2.31. The fourth-order valence-corrected chi connectivity index (χ4v) is 5.23. The molecule has 5 nitrogen and oxygen atoms in total. The third-order valence-corrected chi connectivity index (χ3v) is 6.97. The number of benzene rings is 2. The molecule has 1 atom stereocenters. The molecule has 0 radical (unpaired) electrons. The van der Waals surface area contributed by atoms with Crippen LogP contribution in [-0.2, 0) is 11.2 Å². The fourth-order valence-electron chi connectivity index (χ4n) is 5.04. The van der Waals surface area contributed by atoms with Gasteiger partial charge in [0.2, 0.25) is 5.91 Å². The summed E-state index contributed by atoms with van der Waals surface area (Å²) in [5.41, 5.74) is 1.86. The van der Waals surface area contributed by atoms with Crippen LogP contribution in [0.1, 0.15) is 41.6 Å². The molecule has 2 amide bonds. The van der Waals surface area contributed by atoms with E-state index in [-0.39, 0.29) is 17.9 Å². The molecular formula is C26H32ClN3O2. The highest BCUT2D eigenvalue weighted by Gasteiger charge is 2.37. The van der Waals surface area contributed by atoms with E-state index in [9.17, 15) is 9.59 Å². The van der Waals surface area contributed by atoms with Crippen molar-refractivity contribution in [2.24, 2.45) is 5.92 Å². The first-order valence-electron chi connectivity index (χ1n) is 11.7. The average Bonchev–Trinajstić information content (AvgIpc) is 3.34. The Kier molecular flexibility index (Phi) is 7.82. The van der Waals surface area contributed by atoms with Gasteiger partial charge in [0.1, 0.15) is 0 Å². The molecule has 2 fully saturated rings. The lowest BCUT2D eigenvalue weighted by Gasteiger charge is -2.40. The van der Waals surface area contributed by atoms with Crippen LogP contribution in [0, 0.1) is 5.92 Å². The van der Waals surface area contributed by atoms with Crippen LogP contribution in [0.3, 0.4) is 0 Å². The minimum Gasteiger partial charge on any atom is -0.354 e. The summed E-state index contributed by atoms with van der Waals surface area (Å²) in [5.74, 6) is 0.557. The minimum absolute atomic E-state index is 0.0110. The number of carbonyl (C=O) groups excluding carboxylic acids is 2. The van der Waals surface area contributed by atoms with Gasteiger partial charge in [-0.05, 0) is 48.9 Å². The smallest absolute Gasteiger partial charge is 0.253 e. The second-order valence-corrected chi connectivity index (χ2v) is 9.29. The maximum Gasteiger partial charge on any atom is 0.253 e. The van der Waals surface area contributed by atoms with Gasteiger partial charge in [0, 0.05) is 43.3 Å². The van der Waals surface area contributed by atoms with Gasteiger partial charge in [-0.15, -0.1) is 0 Å². The number of amides is 2. The molecule has 0 aromatic heterocycles. The van der Waals surface area contributed by atoms with Crippen molar-refractivity contribution in [3.63, 3.8) is 0 Å². The van der Waals surface area contributed by atoms with Crippen LogP contribution in [-0.4, -0.2) is 60.4 Å². The number of hydrogen-bond acceptors (Lipinski definition) is 3. The molecule has 0 spiro atoms. The molecule has 1 aliphatic carbocycles. The Bertz CT molecular complexity index is 906. The second-order valence-electron chi connectivity index (χ2n) is 8.85. The van der Waals surface area contributed by atoms with Crippen molar-refractivity contribution >= 4 is 23.4 Å². The normalized spacial score (nSPS) is 18.5. The van der Waals surface area contributed by atoms with E-state index in [0.29, 0.717) is 36.1 Å². The SMILES string of the molecule is O=C(NCCc1ccccc1)C(C1CCCC1)N1CCN(C(=O)c2cccc(Cl)c2)CC1. The van der Waals surface area contributed by atoms with Crippen LogP contribution in [0.5, 0.6) is 0 Å². The average molecular weight is 454 g/mol. The summed E-state index contributed by atoms with van der Waals surface area (Å²) in [7, 11) is 0. The predicted molar refractivity (Wildman–Crippen MR) is 128 cm³/mol. The quantitative estimate of drug-likeness (QED) is 0.689. The second kappa shape index (κ2) is 11.0. The highest BCUT2D eigenvalue weighted by molar-refractivity contribution is 6.30. The van der Waals surface area contributed by atoms with Crippen molar-refractivity contribution in [2.75, 3.05) is 32.7 Å². The van der Waals surface area contributed by atoms with Crippen molar-refractivity contribution in [3.8, 4) is 0 Å². The predicted octanol–water partition coefficient (Wildman–Crippen LogP) is 4.02.